The lowest BCUT2D eigenvalue weighted by molar-refractivity contribution is -0.116. The van der Waals surface area contributed by atoms with Crippen molar-refractivity contribution in [3.8, 4) is 11.8 Å². The molecule has 0 aliphatic carbocycles. The Kier molecular flexibility index (Phi) is 7.47. The molecule has 3 amide bonds. The van der Waals surface area contributed by atoms with Gasteiger partial charge in [0.2, 0.25) is 5.91 Å². The monoisotopic (exact) mass is 475 g/mol. The Morgan fingerprint density at radius 3 is 2.35 bits per heavy atom. The second-order valence-corrected chi connectivity index (χ2v) is 7.91. The van der Waals surface area contributed by atoms with E-state index in [0.717, 1.165) is 21.2 Å². The summed E-state index contributed by atoms with van der Waals surface area (Å²) in [5, 5.41) is 5.63. The van der Waals surface area contributed by atoms with Gasteiger partial charge < -0.3 is 15.5 Å². The van der Waals surface area contributed by atoms with Crippen LogP contribution in [0.1, 0.15) is 16.7 Å². The topological polar surface area (TPSA) is 61.4 Å². The number of aryl methyl sites for hydroxylation is 1. The first-order valence-corrected chi connectivity index (χ1v) is 10.5. The van der Waals surface area contributed by atoms with E-state index in [0.29, 0.717) is 11.4 Å². The number of benzene rings is 3. The number of carbonyl (C=O) groups excluding carboxylic acids is 2. The first-order valence-electron chi connectivity index (χ1n) is 9.66. The molecule has 0 fully saturated rings. The van der Waals surface area contributed by atoms with Gasteiger partial charge in [-0.1, -0.05) is 52.0 Å². The molecule has 2 N–H and O–H groups in total. The lowest BCUT2D eigenvalue weighted by Gasteiger charge is -2.18. The summed E-state index contributed by atoms with van der Waals surface area (Å²) in [6.07, 6.45) is 0. The van der Waals surface area contributed by atoms with Gasteiger partial charge in [0.25, 0.3) is 0 Å². The molecule has 0 aliphatic rings. The van der Waals surface area contributed by atoms with Crippen LogP contribution in [-0.4, -0.2) is 30.4 Å². The van der Waals surface area contributed by atoms with Gasteiger partial charge in [-0.05, 0) is 61.0 Å². The van der Waals surface area contributed by atoms with Gasteiger partial charge >= 0.3 is 6.03 Å². The zero-order valence-corrected chi connectivity index (χ0v) is 18.9. The zero-order chi connectivity index (χ0) is 22.2. The lowest BCUT2D eigenvalue weighted by atomic mass is 10.1. The quantitative estimate of drug-likeness (QED) is 0.505. The fourth-order valence-corrected chi connectivity index (χ4v) is 3.28. The van der Waals surface area contributed by atoms with Gasteiger partial charge in [0, 0.05) is 34.0 Å². The fraction of sp³-hybridized carbons (Fsp3) is 0.120. The van der Waals surface area contributed by atoms with E-state index in [2.05, 4.69) is 38.4 Å². The van der Waals surface area contributed by atoms with E-state index in [1.54, 1.807) is 19.2 Å². The first-order chi connectivity index (χ1) is 14.9. The maximum atomic E-state index is 12.5. The molecule has 3 rings (SSSR count). The Bertz CT molecular complexity index is 1150. The Hall–Kier alpha value is -3.56. The number of urea groups is 1. The number of carbonyl (C=O) groups is 2. The number of hydrogen-bond acceptors (Lipinski definition) is 2. The van der Waals surface area contributed by atoms with Crippen molar-refractivity contribution in [2.75, 3.05) is 24.2 Å². The highest BCUT2D eigenvalue weighted by molar-refractivity contribution is 9.10. The van der Waals surface area contributed by atoms with Crippen molar-refractivity contribution in [3.63, 3.8) is 0 Å². The summed E-state index contributed by atoms with van der Waals surface area (Å²) < 4.78 is 0.940. The Labute approximate surface area is 190 Å². The molecule has 0 saturated heterocycles. The van der Waals surface area contributed by atoms with Crippen molar-refractivity contribution in [2.45, 2.75) is 6.92 Å². The predicted molar refractivity (Wildman–Crippen MR) is 128 cm³/mol. The Morgan fingerprint density at radius 2 is 1.61 bits per heavy atom. The minimum absolute atomic E-state index is 0.0746. The molecule has 0 heterocycles. The zero-order valence-electron chi connectivity index (χ0n) is 17.3. The van der Waals surface area contributed by atoms with Crippen LogP contribution >= 0.6 is 15.9 Å². The van der Waals surface area contributed by atoms with Crippen LogP contribution in [0.25, 0.3) is 0 Å². The van der Waals surface area contributed by atoms with Gasteiger partial charge in [-0.3, -0.25) is 4.79 Å². The number of nitrogens with one attached hydrogen (secondary N) is 2. The third-order valence-corrected chi connectivity index (χ3v) is 4.92. The minimum atomic E-state index is -0.379. The summed E-state index contributed by atoms with van der Waals surface area (Å²) in [4.78, 5) is 26.1. The molecule has 0 atom stereocenters. The van der Waals surface area contributed by atoms with Crippen molar-refractivity contribution in [2.24, 2.45) is 0 Å². The van der Waals surface area contributed by atoms with Gasteiger partial charge in [0.05, 0.1) is 0 Å². The van der Waals surface area contributed by atoms with E-state index in [1.165, 1.54) is 4.90 Å². The number of rotatable bonds is 4. The summed E-state index contributed by atoms with van der Waals surface area (Å²) in [5.41, 5.74) is 3.97. The van der Waals surface area contributed by atoms with Gasteiger partial charge in [0.15, 0.2) is 0 Å². The van der Waals surface area contributed by atoms with Crippen molar-refractivity contribution in [1.29, 1.82) is 0 Å². The molecule has 3 aromatic carbocycles. The van der Waals surface area contributed by atoms with Crippen LogP contribution in [-0.2, 0) is 4.79 Å². The number of hydrogen-bond donors (Lipinski definition) is 2. The highest BCUT2D eigenvalue weighted by atomic mass is 79.9. The van der Waals surface area contributed by atoms with E-state index in [4.69, 9.17) is 0 Å². The third kappa shape index (κ3) is 6.73. The average Bonchev–Trinajstić information content (AvgIpc) is 2.75. The molecule has 0 unspecified atom stereocenters. The molecule has 0 saturated carbocycles. The van der Waals surface area contributed by atoms with Gasteiger partial charge in [0.1, 0.15) is 6.54 Å². The molecular formula is C25H22BrN3O2. The standard InChI is InChI=1S/C25H22BrN3O2/c1-18-15-21(26)13-14-23(18)28-24(30)17-29(2)25(31)27-22-10-6-9-20(16-22)12-11-19-7-4-3-5-8-19/h3-10,13-16H,17H2,1-2H3,(H,27,31)(H,28,30). The maximum Gasteiger partial charge on any atom is 0.322 e. The molecule has 156 valence electrons. The van der Waals surface area contributed by atoms with Crippen molar-refractivity contribution in [1.82, 2.24) is 4.90 Å². The Morgan fingerprint density at radius 1 is 0.903 bits per heavy atom. The smallest absolute Gasteiger partial charge is 0.322 e. The number of halogens is 1. The molecule has 0 spiro atoms. The second-order valence-electron chi connectivity index (χ2n) is 6.99. The van der Waals surface area contributed by atoms with Crippen molar-refractivity contribution < 1.29 is 9.59 Å². The largest absolute Gasteiger partial charge is 0.324 e. The van der Waals surface area contributed by atoms with Crippen LogP contribution in [0, 0.1) is 18.8 Å². The Balaban J connectivity index is 1.58. The molecule has 0 bridgehead atoms. The molecular weight excluding hydrogens is 454 g/mol. The molecule has 0 radical (unpaired) electrons. The third-order valence-electron chi connectivity index (χ3n) is 4.43. The number of amides is 3. The molecule has 31 heavy (non-hydrogen) atoms. The SMILES string of the molecule is Cc1cc(Br)ccc1NC(=O)CN(C)C(=O)Nc1cccc(C#Cc2ccccc2)c1. The van der Waals surface area contributed by atoms with Crippen LogP contribution < -0.4 is 10.6 Å². The van der Waals surface area contributed by atoms with Crippen molar-refractivity contribution >= 4 is 39.2 Å². The van der Waals surface area contributed by atoms with E-state index in [1.807, 2.05) is 67.6 Å². The van der Waals surface area contributed by atoms with Gasteiger partial charge in [-0.15, -0.1) is 0 Å². The molecule has 3 aromatic rings. The highest BCUT2D eigenvalue weighted by Crippen LogP contribution is 2.20. The molecule has 6 heteroatoms. The van der Waals surface area contributed by atoms with Crippen LogP contribution in [0.4, 0.5) is 16.2 Å². The van der Waals surface area contributed by atoms with E-state index in [9.17, 15) is 9.59 Å². The summed E-state index contributed by atoms with van der Waals surface area (Å²) in [7, 11) is 1.57. The molecule has 0 aliphatic heterocycles. The lowest BCUT2D eigenvalue weighted by Crippen LogP contribution is -2.37. The fourth-order valence-electron chi connectivity index (χ4n) is 2.80. The minimum Gasteiger partial charge on any atom is -0.324 e. The van der Waals surface area contributed by atoms with Gasteiger partial charge in [-0.25, -0.2) is 4.79 Å². The van der Waals surface area contributed by atoms with Crippen LogP contribution in [0.2, 0.25) is 0 Å². The van der Waals surface area contributed by atoms with E-state index < -0.39 is 0 Å². The summed E-state index contributed by atoms with van der Waals surface area (Å²) in [6.45, 7) is 1.83. The van der Waals surface area contributed by atoms with Crippen LogP contribution in [0.15, 0.2) is 77.3 Å². The number of anilines is 2. The summed E-state index contributed by atoms with van der Waals surface area (Å²) >= 11 is 3.40. The highest BCUT2D eigenvalue weighted by Gasteiger charge is 2.14. The predicted octanol–water partition coefficient (Wildman–Crippen LogP) is 5.26. The first kappa shape index (κ1) is 22.1. The van der Waals surface area contributed by atoms with E-state index >= 15 is 0 Å². The van der Waals surface area contributed by atoms with Crippen LogP contribution in [0.3, 0.4) is 0 Å². The molecule has 0 aromatic heterocycles. The maximum absolute atomic E-state index is 12.5. The van der Waals surface area contributed by atoms with E-state index in [-0.39, 0.29) is 18.5 Å². The number of likely N-dealkylation sites (N-methyl/N-ethyl adjacent to an activating group) is 1. The normalized spacial score (nSPS) is 9.90. The second kappa shape index (κ2) is 10.5. The van der Waals surface area contributed by atoms with Crippen molar-refractivity contribution in [3.05, 3.63) is 94.0 Å². The summed E-state index contributed by atoms with van der Waals surface area (Å²) in [6, 6.07) is 22.2. The number of nitrogens with zero attached hydrogens (tertiary/aromatic N) is 1. The average molecular weight is 476 g/mol. The summed E-state index contributed by atoms with van der Waals surface area (Å²) in [5.74, 6) is 5.91. The van der Waals surface area contributed by atoms with Gasteiger partial charge in [-0.2, -0.15) is 0 Å². The van der Waals surface area contributed by atoms with Crippen LogP contribution in [0.5, 0.6) is 0 Å². The molecule has 5 nitrogen and oxygen atoms in total.